The van der Waals surface area contributed by atoms with Gasteiger partial charge in [0.1, 0.15) is 0 Å². The highest BCUT2D eigenvalue weighted by atomic mass is 79.9. The van der Waals surface area contributed by atoms with Crippen molar-refractivity contribution in [1.82, 2.24) is 0 Å². The van der Waals surface area contributed by atoms with Crippen molar-refractivity contribution >= 4 is 21.6 Å². The zero-order chi connectivity index (χ0) is 15.2. The number of ether oxygens (including phenoxy) is 1. The Morgan fingerprint density at radius 2 is 2.05 bits per heavy atom. The maximum Gasteiger partial charge on any atom is 0.416 e. The van der Waals surface area contributed by atoms with Crippen LogP contribution in [0.2, 0.25) is 0 Å². The number of alkyl halides is 3. The number of nitriles is 1. The quantitative estimate of drug-likeness (QED) is 0.782. The highest BCUT2D eigenvalue weighted by Gasteiger charge is 2.31. The number of anilines is 1. The molecule has 0 aliphatic carbocycles. The van der Waals surface area contributed by atoms with E-state index >= 15 is 0 Å². The fourth-order valence-electron chi connectivity index (χ4n) is 1.68. The van der Waals surface area contributed by atoms with Crippen molar-refractivity contribution in [2.24, 2.45) is 0 Å². The van der Waals surface area contributed by atoms with E-state index in [1.54, 1.807) is 7.11 Å². The molecule has 0 radical (unpaired) electrons. The Kier molecular flexibility index (Phi) is 6.30. The van der Waals surface area contributed by atoms with Crippen LogP contribution in [-0.4, -0.2) is 26.8 Å². The van der Waals surface area contributed by atoms with Crippen molar-refractivity contribution in [3.05, 3.63) is 28.2 Å². The molecule has 0 saturated carbocycles. The summed E-state index contributed by atoms with van der Waals surface area (Å²) >= 11 is 3.16. The molecule has 0 aliphatic heterocycles. The first kappa shape index (κ1) is 16.8. The third kappa shape index (κ3) is 4.69. The molecule has 0 bridgehead atoms. The Morgan fingerprint density at radius 3 is 2.55 bits per heavy atom. The van der Waals surface area contributed by atoms with E-state index < -0.39 is 11.7 Å². The third-order valence-electron chi connectivity index (χ3n) is 2.67. The van der Waals surface area contributed by atoms with Gasteiger partial charge in [0, 0.05) is 24.7 Å². The molecule has 3 nitrogen and oxygen atoms in total. The number of hydrogen-bond donors (Lipinski definition) is 0. The molecule has 0 heterocycles. The normalized spacial score (nSPS) is 11.2. The Morgan fingerprint density at radius 1 is 1.35 bits per heavy atom. The van der Waals surface area contributed by atoms with Crippen LogP contribution < -0.4 is 4.90 Å². The zero-order valence-electron chi connectivity index (χ0n) is 10.9. The molecule has 7 heteroatoms. The van der Waals surface area contributed by atoms with Gasteiger partial charge in [0.15, 0.2) is 0 Å². The van der Waals surface area contributed by atoms with Crippen LogP contribution in [0, 0.1) is 11.3 Å². The summed E-state index contributed by atoms with van der Waals surface area (Å²) in [6, 6.07) is 5.50. The lowest BCUT2D eigenvalue weighted by atomic mass is 10.2. The minimum absolute atomic E-state index is 0.289. The molecule has 110 valence electrons. The molecular formula is C13H14BrF3N2O. The van der Waals surface area contributed by atoms with E-state index in [4.69, 9.17) is 10.00 Å². The third-order valence-corrected chi connectivity index (χ3v) is 3.31. The van der Waals surface area contributed by atoms with Gasteiger partial charge in [0.05, 0.1) is 30.3 Å². The van der Waals surface area contributed by atoms with Crippen molar-refractivity contribution in [1.29, 1.82) is 5.26 Å². The van der Waals surface area contributed by atoms with Gasteiger partial charge in [-0.05, 0) is 34.1 Å². The van der Waals surface area contributed by atoms with Gasteiger partial charge < -0.3 is 9.64 Å². The summed E-state index contributed by atoms with van der Waals surface area (Å²) in [5, 5.41) is 8.64. The lowest BCUT2D eigenvalue weighted by Crippen LogP contribution is -2.28. The van der Waals surface area contributed by atoms with E-state index in [9.17, 15) is 13.2 Å². The molecule has 0 fully saturated rings. The molecule has 1 aromatic carbocycles. The molecule has 0 N–H and O–H groups in total. The molecule has 0 atom stereocenters. The molecule has 0 unspecified atom stereocenters. The molecule has 0 aromatic heterocycles. The van der Waals surface area contributed by atoms with E-state index in [0.717, 1.165) is 12.1 Å². The summed E-state index contributed by atoms with van der Waals surface area (Å²) in [7, 11) is 1.55. The highest BCUT2D eigenvalue weighted by Crippen LogP contribution is 2.35. The highest BCUT2D eigenvalue weighted by molar-refractivity contribution is 9.10. The first-order chi connectivity index (χ1) is 9.40. The minimum Gasteiger partial charge on any atom is -0.383 e. The van der Waals surface area contributed by atoms with Gasteiger partial charge in [-0.1, -0.05) is 0 Å². The predicted octanol–water partition coefficient (Wildman–Crippen LogP) is 3.83. The second-order valence-corrected chi connectivity index (χ2v) is 4.91. The van der Waals surface area contributed by atoms with Crippen LogP contribution in [-0.2, 0) is 10.9 Å². The molecule has 0 aliphatic rings. The van der Waals surface area contributed by atoms with Gasteiger partial charge >= 0.3 is 6.18 Å². The summed E-state index contributed by atoms with van der Waals surface area (Å²) < 4.78 is 43.1. The minimum atomic E-state index is -4.37. The number of benzene rings is 1. The smallest absolute Gasteiger partial charge is 0.383 e. The standard InChI is InChI=1S/C13H14BrF3N2O/c1-20-8-7-19(6-2-5-18)12-4-3-10(9-11(12)14)13(15,16)17/h3-4,9H,2,6-8H2,1H3. The lowest BCUT2D eigenvalue weighted by molar-refractivity contribution is -0.137. The van der Waals surface area contributed by atoms with Gasteiger partial charge in [0.25, 0.3) is 0 Å². The zero-order valence-corrected chi connectivity index (χ0v) is 12.5. The molecule has 0 amide bonds. The largest absolute Gasteiger partial charge is 0.416 e. The summed E-state index contributed by atoms with van der Waals surface area (Å²) in [5.41, 5.74) is -0.0922. The van der Waals surface area contributed by atoms with Crippen molar-refractivity contribution in [2.75, 3.05) is 31.7 Å². The SMILES string of the molecule is COCCN(CCC#N)c1ccc(C(F)(F)F)cc1Br. The van der Waals surface area contributed by atoms with Crippen LogP contribution in [0.15, 0.2) is 22.7 Å². The van der Waals surface area contributed by atoms with Crippen molar-refractivity contribution in [3.8, 4) is 6.07 Å². The van der Waals surface area contributed by atoms with Crippen molar-refractivity contribution in [2.45, 2.75) is 12.6 Å². The Labute approximate surface area is 124 Å². The molecule has 0 saturated heterocycles. The molecular weight excluding hydrogens is 337 g/mol. The molecule has 0 spiro atoms. The summed E-state index contributed by atoms with van der Waals surface area (Å²) in [6.45, 7) is 1.37. The van der Waals surface area contributed by atoms with E-state index in [2.05, 4.69) is 15.9 Å². The van der Waals surface area contributed by atoms with Crippen molar-refractivity contribution < 1.29 is 17.9 Å². The van der Waals surface area contributed by atoms with Crippen LogP contribution in [0.3, 0.4) is 0 Å². The van der Waals surface area contributed by atoms with Crippen LogP contribution in [0.1, 0.15) is 12.0 Å². The topological polar surface area (TPSA) is 36.3 Å². The maximum atomic E-state index is 12.6. The summed E-state index contributed by atoms with van der Waals surface area (Å²) in [6.07, 6.45) is -4.08. The van der Waals surface area contributed by atoms with E-state index in [0.29, 0.717) is 29.9 Å². The number of methoxy groups -OCH3 is 1. The number of rotatable bonds is 6. The van der Waals surface area contributed by atoms with Gasteiger partial charge in [-0.25, -0.2) is 0 Å². The van der Waals surface area contributed by atoms with E-state index in [1.807, 2.05) is 11.0 Å². The van der Waals surface area contributed by atoms with E-state index in [-0.39, 0.29) is 6.42 Å². The Balaban J connectivity index is 2.99. The van der Waals surface area contributed by atoms with Crippen LogP contribution in [0.5, 0.6) is 0 Å². The fourth-order valence-corrected chi connectivity index (χ4v) is 2.31. The van der Waals surface area contributed by atoms with Gasteiger partial charge in [-0.2, -0.15) is 18.4 Å². The van der Waals surface area contributed by atoms with E-state index in [1.165, 1.54) is 6.07 Å². The first-order valence-electron chi connectivity index (χ1n) is 5.87. The van der Waals surface area contributed by atoms with Gasteiger partial charge in [-0.15, -0.1) is 0 Å². The number of halogens is 4. The monoisotopic (exact) mass is 350 g/mol. The number of nitrogens with zero attached hydrogens (tertiary/aromatic N) is 2. The molecule has 1 aromatic rings. The Hall–Kier alpha value is -1.26. The van der Waals surface area contributed by atoms with Crippen LogP contribution >= 0.6 is 15.9 Å². The van der Waals surface area contributed by atoms with Gasteiger partial charge in [-0.3, -0.25) is 0 Å². The van der Waals surface area contributed by atoms with Crippen molar-refractivity contribution in [3.63, 3.8) is 0 Å². The average molecular weight is 351 g/mol. The fraction of sp³-hybridized carbons (Fsp3) is 0.462. The molecule has 1 rings (SSSR count). The second-order valence-electron chi connectivity index (χ2n) is 4.05. The summed E-state index contributed by atoms with van der Waals surface area (Å²) in [5.74, 6) is 0. The lowest BCUT2D eigenvalue weighted by Gasteiger charge is -2.25. The predicted molar refractivity (Wildman–Crippen MR) is 73.5 cm³/mol. The molecule has 20 heavy (non-hydrogen) atoms. The average Bonchev–Trinajstić information content (AvgIpc) is 2.38. The van der Waals surface area contributed by atoms with Gasteiger partial charge in [0.2, 0.25) is 0 Å². The maximum absolute atomic E-state index is 12.6. The second kappa shape index (κ2) is 7.50. The number of hydrogen-bond acceptors (Lipinski definition) is 3. The summed E-state index contributed by atoms with van der Waals surface area (Å²) in [4.78, 5) is 1.82. The first-order valence-corrected chi connectivity index (χ1v) is 6.67. The van der Waals surface area contributed by atoms with Crippen LogP contribution in [0.4, 0.5) is 18.9 Å². The van der Waals surface area contributed by atoms with Crippen LogP contribution in [0.25, 0.3) is 0 Å². The Bertz CT molecular complexity index is 485.